The van der Waals surface area contributed by atoms with E-state index in [1.54, 1.807) is 12.1 Å². The van der Waals surface area contributed by atoms with Crippen LogP contribution in [0.5, 0.6) is 0 Å². The van der Waals surface area contributed by atoms with Gasteiger partial charge in [-0.15, -0.1) is 23.2 Å². The third kappa shape index (κ3) is 3.16. The summed E-state index contributed by atoms with van der Waals surface area (Å²) in [5.74, 6) is 0.374. The van der Waals surface area contributed by atoms with Gasteiger partial charge in [-0.3, -0.25) is 10.1 Å². The van der Waals surface area contributed by atoms with Crippen LogP contribution in [0.25, 0.3) is 0 Å². The number of nitrogens with zero attached hydrogens (tertiary/aromatic N) is 1. The highest BCUT2D eigenvalue weighted by atomic mass is 35.5. The topological polar surface area (TPSA) is 43.1 Å². The molecule has 0 amide bonds. The molecule has 1 aromatic rings. The van der Waals surface area contributed by atoms with Crippen molar-refractivity contribution in [3.63, 3.8) is 0 Å². The maximum Gasteiger partial charge on any atom is 0.269 e. The number of hydrogen-bond acceptors (Lipinski definition) is 2. The van der Waals surface area contributed by atoms with Crippen LogP contribution in [0.3, 0.4) is 0 Å². The molecule has 14 heavy (non-hydrogen) atoms. The SMILES string of the molecule is O=[N+]([O-])c1ccc(CC(Cl)CCl)cc1. The first-order valence-electron chi connectivity index (χ1n) is 4.07. The van der Waals surface area contributed by atoms with Crippen LogP contribution in [0.1, 0.15) is 5.56 Å². The van der Waals surface area contributed by atoms with Gasteiger partial charge in [-0.2, -0.15) is 0 Å². The summed E-state index contributed by atoms with van der Waals surface area (Å²) in [5, 5.41) is 10.2. The molecule has 5 heteroatoms. The van der Waals surface area contributed by atoms with Gasteiger partial charge in [0.2, 0.25) is 0 Å². The number of nitro benzene ring substituents is 1. The van der Waals surface area contributed by atoms with Crippen LogP contribution in [-0.2, 0) is 6.42 Å². The highest BCUT2D eigenvalue weighted by Crippen LogP contribution is 2.15. The fraction of sp³-hybridized carbons (Fsp3) is 0.333. The number of non-ortho nitro benzene ring substituents is 1. The van der Waals surface area contributed by atoms with E-state index in [-0.39, 0.29) is 11.1 Å². The van der Waals surface area contributed by atoms with Gasteiger partial charge >= 0.3 is 0 Å². The van der Waals surface area contributed by atoms with E-state index < -0.39 is 4.92 Å². The molecule has 0 aliphatic carbocycles. The fourth-order valence-corrected chi connectivity index (χ4v) is 1.35. The van der Waals surface area contributed by atoms with E-state index in [0.717, 1.165) is 5.56 Å². The van der Waals surface area contributed by atoms with Crippen LogP contribution in [-0.4, -0.2) is 16.2 Å². The van der Waals surface area contributed by atoms with E-state index in [4.69, 9.17) is 23.2 Å². The van der Waals surface area contributed by atoms with Gasteiger partial charge < -0.3 is 0 Å². The molecule has 1 aromatic carbocycles. The molecular formula is C9H9Cl2NO2. The molecule has 1 atom stereocenters. The van der Waals surface area contributed by atoms with E-state index in [2.05, 4.69) is 0 Å². The van der Waals surface area contributed by atoms with E-state index in [1.165, 1.54) is 12.1 Å². The second-order valence-corrected chi connectivity index (χ2v) is 3.81. The zero-order valence-corrected chi connectivity index (χ0v) is 8.83. The second kappa shape index (κ2) is 5.17. The lowest BCUT2D eigenvalue weighted by atomic mass is 10.1. The van der Waals surface area contributed by atoms with E-state index in [1.807, 2.05) is 0 Å². The van der Waals surface area contributed by atoms with Crippen molar-refractivity contribution in [1.82, 2.24) is 0 Å². The summed E-state index contributed by atoms with van der Waals surface area (Å²) in [6.07, 6.45) is 0.628. The molecule has 0 saturated carbocycles. The number of hydrogen-bond donors (Lipinski definition) is 0. The molecule has 0 aromatic heterocycles. The van der Waals surface area contributed by atoms with Crippen LogP contribution in [0.4, 0.5) is 5.69 Å². The van der Waals surface area contributed by atoms with Crippen LogP contribution in [0.2, 0.25) is 0 Å². The smallest absolute Gasteiger partial charge is 0.258 e. The average molecular weight is 234 g/mol. The zero-order valence-electron chi connectivity index (χ0n) is 7.32. The summed E-state index contributed by atoms with van der Waals surface area (Å²) >= 11 is 11.4. The maximum atomic E-state index is 10.3. The van der Waals surface area contributed by atoms with Gasteiger partial charge in [-0.25, -0.2) is 0 Å². The molecule has 0 heterocycles. The molecule has 0 saturated heterocycles. The van der Waals surface area contributed by atoms with Crippen LogP contribution in [0.15, 0.2) is 24.3 Å². The predicted octanol–water partition coefficient (Wildman–Crippen LogP) is 2.98. The van der Waals surface area contributed by atoms with Gasteiger partial charge in [-0.05, 0) is 12.0 Å². The Morgan fingerprint density at radius 3 is 2.36 bits per heavy atom. The summed E-state index contributed by atoms with van der Waals surface area (Å²) in [4.78, 5) is 9.92. The molecule has 0 spiro atoms. The molecule has 0 aliphatic heterocycles. The van der Waals surface area contributed by atoms with Gasteiger partial charge in [0.25, 0.3) is 5.69 Å². The van der Waals surface area contributed by atoms with Crippen molar-refractivity contribution in [3.8, 4) is 0 Å². The zero-order chi connectivity index (χ0) is 10.6. The summed E-state index contributed by atoms with van der Waals surface area (Å²) in [7, 11) is 0. The Kier molecular flexibility index (Phi) is 4.17. The van der Waals surface area contributed by atoms with Crippen LogP contribution in [0, 0.1) is 10.1 Å². The molecule has 0 aliphatic rings. The number of alkyl halides is 2. The van der Waals surface area contributed by atoms with Crippen molar-refractivity contribution in [3.05, 3.63) is 39.9 Å². The van der Waals surface area contributed by atoms with Crippen molar-refractivity contribution in [2.75, 3.05) is 5.88 Å². The normalized spacial score (nSPS) is 12.4. The minimum absolute atomic E-state index is 0.0887. The van der Waals surface area contributed by atoms with E-state index >= 15 is 0 Å². The lowest BCUT2D eigenvalue weighted by Crippen LogP contribution is -2.04. The molecule has 1 unspecified atom stereocenters. The minimum atomic E-state index is -0.427. The van der Waals surface area contributed by atoms with Crippen molar-refractivity contribution in [1.29, 1.82) is 0 Å². The quantitative estimate of drug-likeness (QED) is 0.456. The van der Waals surface area contributed by atoms with E-state index in [0.29, 0.717) is 12.3 Å². The molecular weight excluding hydrogens is 225 g/mol. The monoisotopic (exact) mass is 233 g/mol. The van der Waals surface area contributed by atoms with Crippen molar-refractivity contribution in [2.45, 2.75) is 11.8 Å². The fourth-order valence-electron chi connectivity index (χ4n) is 1.06. The van der Waals surface area contributed by atoms with Crippen molar-refractivity contribution < 1.29 is 4.92 Å². The molecule has 0 N–H and O–H groups in total. The first kappa shape index (κ1) is 11.3. The van der Waals surface area contributed by atoms with Gasteiger partial charge in [0.05, 0.1) is 10.3 Å². The van der Waals surface area contributed by atoms with Gasteiger partial charge in [-0.1, -0.05) is 12.1 Å². The van der Waals surface area contributed by atoms with Crippen molar-refractivity contribution in [2.24, 2.45) is 0 Å². The van der Waals surface area contributed by atoms with Crippen molar-refractivity contribution >= 4 is 28.9 Å². The molecule has 0 bridgehead atoms. The van der Waals surface area contributed by atoms with Gasteiger partial charge in [0.15, 0.2) is 0 Å². The Hall–Kier alpha value is -0.800. The molecule has 1 rings (SSSR count). The number of benzene rings is 1. The Morgan fingerprint density at radius 1 is 1.36 bits per heavy atom. The molecule has 76 valence electrons. The molecule has 3 nitrogen and oxygen atoms in total. The third-order valence-corrected chi connectivity index (χ3v) is 2.61. The highest BCUT2D eigenvalue weighted by Gasteiger charge is 2.07. The third-order valence-electron chi connectivity index (χ3n) is 1.77. The Balaban J connectivity index is 2.68. The van der Waals surface area contributed by atoms with Crippen LogP contribution >= 0.6 is 23.2 Å². The minimum Gasteiger partial charge on any atom is -0.258 e. The lowest BCUT2D eigenvalue weighted by molar-refractivity contribution is -0.384. The van der Waals surface area contributed by atoms with Gasteiger partial charge in [0.1, 0.15) is 0 Å². The summed E-state index contributed by atoms with van der Waals surface area (Å²) in [6.45, 7) is 0. The first-order chi connectivity index (χ1) is 6.63. The lowest BCUT2D eigenvalue weighted by Gasteiger charge is -2.04. The summed E-state index contributed by atoms with van der Waals surface area (Å²) < 4.78 is 0. The number of rotatable bonds is 4. The second-order valence-electron chi connectivity index (χ2n) is 2.88. The Morgan fingerprint density at radius 2 is 1.93 bits per heavy atom. The molecule has 0 radical (unpaired) electrons. The van der Waals surface area contributed by atoms with Crippen LogP contribution < -0.4 is 0 Å². The highest BCUT2D eigenvalue weighted by molar-refractivity contribution is 6.28. The first-order valence-corrected chi connectivity index (χ1v) is 5.04. The number of halogens is 2. The summed E-state index contributed by atoms with van der Waals surface area (Å²) in [6, 6.07) is 6.32. The number of nitro groups is 1. The molecule has 0 fully saturated rings. The van der Waals surface area contributed by atoms with Gasteiger partial charge in [0, 0.05) is 18.0 Å². The largest absolute Gasteiger partial charge is 0.269 e. The maximum absolute atomic E-state index is 10.3. The average Bonchev–Trinajstić information content (AvgIpc) is 2.18. The van der Waals surface area contributed by atoms with E-state index in [9.17, 15) is 10.1 Å². The standard InChI is InChI=1S/C9H9Cl2NO2/c10-6-8(11)5-7-1-3-9(4-2-7)12(13)14/h1-4,8H,5-6H2. The predicted molar refractivity (Wildman–Crippen MR) is 57.2 cm³/mol. The Bertz CT molecular complexity index is 313. The Labute approximate surface area is 91.8 Å². The summed E-state index contributed by atoms with van der Waals surface area (Å²) in [5.41, 5.74) is 1.04.